The van der Waals surface area contributed by atoms with Gasteiger partial charge in [0.1, 0.15) is 0 Å². The summed E-state index contributed by atoms with van der Waals surface area (Å²) in [4.78, 5) is 14.2. The molecular weight excluding hydrogens is 379 g/mol. The molecule has 0 saturated carbocycles. The van der Waals surface area contributed by atoms with Gasteiger partial charge in [0, 0.05) is 36.1 Å². The molecule has 0 aromatic heterocycles. The lowest BCUT2D eigenvalue weighted by Gasteiger charge is -2.42. The number of carbonyl (C=O) groups is 1. The van der Waals surface area contributed by atoms with Crippen LogP contribution in [0.3, 0.4) is 0 Å². The van der Waals surface area contributed by atoms with Crippen LogP contribution in [0.2, 0.25) is 10.0 Å². The first-order valence-corrected chi connectivity index (χ1v) is 10.2. The molecule has 1 amide bonds. The molecule has 0 spiro atoms. The van der Waals surface area contributed by atoms with E-state index in [4.69, 9.17) is 23.2 Å². The third kappa shape index (κ3) is 5.04. The van der Waals surface area contributed by atoms with E-state index >= 15 is 0 Å². The number of benzene rings is 2. The van der Waals surface area contributed by atoms with Crippen LogP contribution in [0.15, 0.2) is 42.5 Å². The summed E-state index contributed by atoms with van der Waals surface area (Å²) in [7, 11) is 0. The van der Waals surface area contributed by atoms with Crippen LogP contribution >= 0.6 is 23.2 Å². The van der Waals surface area contributed by atoms with Crippen LogP contribution in [-0.2, 0) is 17.8 Å². The SMILES string of the molecule is CC(=O)N1CCC[C@H](NCc2c(C)cccc2Cl)[C@@H]1Cc1cccc(Cl)c1. The van der Waals surface area contributed by atoms with Crippen molar-refractivity contribution in [2.24, 2.45) is 0 Å². The normalized spacial score (nSPS) is 19.9. The Hall–Kier alpha value is -1.55. The largest absolute Gasteiger partial charge is 0.338 e. The van der Waals surface area contributed by atoms with Gasteiger partial charge in [-0.15, -0.1) is 0 Å². The first-order chi connectivity index (χ1) is 13.0. The van der Waals surface area contributed by atoms with E-state index in [0.29, 0.717) is 6.54 Å². The van der Waals surface area contributed by atoms with E-state index in [9.17, 15) is 4.79 Å². The Kier molecular flexibility index (Phi) is 6.80. The zero-order chi connectivity index (χ0) is 19.4. The van der Waals surface area contributed by atoms with Crippen molar-refractivity contribution in [1.29, 1.82) is 0 Å². The molecule has 0 radical (unpaired) electrons. The lowest BCUT2D eigenvalue weighted by atomic mass is 9.90. The Labute approximate surface area is 171 Å². The Morgan fingerprint density at radius 1 is 1.22 bits per heavy atom. The molecule has 0 unspecified atom stereocenters. The minimum Gasteiger partial charge on any atom is -0.338 e. The van der Waals surface area contributed by atoms with E-state index in [1.807, 2.05) is 35.2 Å². The van der Waals surface area contributed by atoms with Gasteiger partial charge in [-0.25, -0.2) is 0 Å². The van der Waals surface area contributed by atoms with Crippen LogP contribution in [0.5, 0.6) is 0 Å². The number of likely N-dealkylation sites (tertiary alicyclic amines) is 1. The van der Waals surface area contributed by atoms with Crippen LogP contribution in [0.4, 0.5) is 0 Å². The zero-order valence-corrected chi connectivity index (χ0v) is 17.4. The van der Waals surface area contributed by atoms with Gasteiger partial charge in [-0.2, -0.15) is 0 Å². The van der Waals surface area contributed by atoms with E-state index in [1.165, 1.54) is 5.56 Å². The van der Waals surface area contributed by atoms with Gasteiger partial charge >= 0.3 is 0 Å². The van der Waals surface area contributed by atoms with Crippen LogP contribution in [0.25, 0.3) is 0 Å². The molecule has 1 aliphatic rings. The van der Waals surface area contributed by atoms with E-state index in [1.54, 1.807) is 6.92 Å². The van der Waals surface area contributed by atoms with Gasteiger partial charge < -0.3 is 10.2 Å². The molecule has 1 aliphatic heterocycles. The van der Waals surface area contributed by atoms with Crippen molar-refractivity contribution in [2.75, 3.05) is 6.54 Å². The molecule has 2 atom stereocenters. The van der Waals surface area contributed by atoms with E-state index < -0.39 is 0 Å². The maximum atomic E-state index is 12.2. The number of carbonyl (C=O) groups excluding carboxylic acids is 1. The number of amides is 1. The number of nitrogens with zero attached hydrogens (tertiary/aromatic N) is 1. The van der Waals surface area contributed by atoms with Crippen molar-refractivity contribution in [3.8, 4) is 0 Å². The lowest BCUT2D eigenvalue weighted by molar-refractivity contribution is -0.133. The molecule has 27 heavy (non-hydrogen) atoms. The van der Waals surface area contributed by atoms with E-state index in [-0.39, 0.29) is 18.0 Å². The second-order valence-corrected chi connectivity index (χ2v) is 8.12. The second kappa shape index (κ2) is 9.09. The summed E-state index contributed by atoms with van der Waals surface area (Å²) in [6, 6.07) is 14.2. The fourth-order valence-corrected chi connectivity index (χ4v) is 4.47. The summed E-state index contributed by atoms with van der Waals surface area (Å²) in [5.41, 5.74) is 3.46. The number of aryl methyl sites for hydroxylation is 1. The average molecular weight is 405 g/mol. The van der Waals surface area contributed by atoms with Gasteiger partial charge in [0.2, 0.25) is 5.91 Å². The predicted octanol–water partition coefficient (Wildman–Crippen LogP) is 5.01. The Morgan fingerprint density at radius 2 is 2.00 bits per heavy atom. The molecule has 1 saturated heterocycles. The smallest absolute Gasteiger partial charge is 0.219 e. The first kappa shape index (κ1) is 20.2. The minimum absolute atomic E-state index is 0.109. The van der Waals surface area contributed by atoms with E-state index in [2.05, 4.69) is 24.4 Å². The molecule has 3 rings (SSSR count). The van der Waals surface area contributed by atoms with Crippen LogP contribution in [-0.4, -0.2) is 29.4 Å². The van der Waals surface area contributed by atoms with Crippen molar-refractivity contribution in [1.82, 2.24) is 10.2 Å². The highest BCUT2D eigenvalue weighted by atomic mass is 35.5. The average Bonchev–Trinajstić information content (AvgIpc) is 2.62. The van der Waals surface area contributed by atoms with Gasteiger partial charge in [-0.3, -0.25) is 4.79 Å². The fourth-order valence-electron chi connectivity index (χ4n) is 3.97. The zero-order valence-electron chi connectivity index (χ0n) is 15.8. The van der Waals surface area contributed by atoms with Gasteiger partial charge in [-0.1, -0.05) is 47.5 Å². The molecule has 0 aliphatic carbocycles. The molecule has 1 N–H and O–H groups in total. The third-order valence-corrected chi connectivity index (χ3v) is 6.00. The maximum absolute atomic E-state index is 12.2. The standard InChI is InChI=1S/C22H26Cl2N2O/c1-15-6-3-9-20(24)19(15)14-25-21-10-5-11-26(16(2)27)22(21)13-17-7-4-8-18(23)12-17/h3-4,6-9,12,21-22,25H,5,10-11,13-14H2,1-2H3/t21-,22-/m0/s1. The Balaban J connectivity index is 1.79. The Bertz CT molecular complexity index is 788. The van der Waals surface area contributed by atoms with Crippen LogP contribution < -0.4 is 5.32 Å². The summed E-state index contributed by atoms with van der Waals surface area (Å²) in [5.74, 6) is 0.127. The minimum atomic E-state index is 0.109. The second-order valence-electron chi connectivity index (χ2n) is 7.28. The number of piperidine rings is 1. The van der Waals surface area contributed by atoms with Crippen LogP contribution in [0.1, 0.15) is 36.5 Å². The summed E-state index contributed by atoms with van der Waals surface area (Å²) < 4.78 is 0. The molecule has 0 bridgehead atoms. The van der Waals surface area contributed by atoms with Crippen molar-refractivity contribution in [2.45, 2.75) is 51.7 Å². The summed E-state index contributed by atoms with van der Waals surface area (Å²) >= 11 is 12.6. The number of hydrogen-bond donors (Lipinski definition) is 1. The first-order valence-electron chi connectivity index (χ1n) is 9.44. The van der Waals surface area contributed by atoms with Crippen molar-refractivity contribution in [3.05, 3.63) is 69.2 Å². The van der Waals surface area contributed by atoms with Crippen molar-refractivity contribution < 1.29 is 4.79 Å². The number of nitrogens with one attached hydrogen (secondary N) is 1. The molecule has 1 fully saturated rings. The highest BCUT2D eigenvalue weighted by Crippen LogP contribution is 2.25. The number of hydrogen-bond acceptors (Lipinski definition) is 2. The highest BCUT2D eigenvalue weighted by Gasteiger charge is 2.32. The van der Waals surface area contributed by atoms with E-state index in [0.717, 1.165) is 47.0 Å². The number of halogens is 2. The van der Waals surface area contributed by atoms with Gasteiger partial charge in [-0.05, 0) is 61.1 Å². The predicted molar refractivity (Wildman–Crippen MR) is 112 cm³/mol. The molecule has 2 aromatic rings. The molecule has 144 valence electrons. The monoisotopic (exact) mass is 404 g/mol. The van der Waals surface area contributed by atoms with Crippen LogP contribution in [0, 0.1) is 6.92 Å². The van der Waals surface area contributed by atoms with Crippen molar-refractivity contribution >= 4 is 29.1 Å². The quantitative estimate of drug-likeness (QED) is 0.758. The van der Waals surface area contributed by atoms with Gasteiger partial charge in [0.25, 0.3) is 0 Å². The molecular formula is C22H26Cl2N2O. The fraction of sp³-hybridized carbons (Fsp3) is 0.409. The maximum Gasteiger partial charge on any atom is 0.219 e. The summed E-state index contributed by atoms with van der Waals surface area (Å²) in [5, 5.41) is 5.19. The lowest BCUT2D eigenvalue weighted by Crippen LogP contribution is -2.56. The molecule has 5 heteroatoms. The summed E-state index contributed by atoms with van der Waals surface area (Å²) in [6.45, 7) is 5.25. The van der Waals surface area contributed by atoms with Crippen molar-refractivity contribution in [3.63, 3.8) is 0 Å². The molecule has 3 nitrogen and oxygen atoms in total. The highest BCUT2D eigenvalue weighted by molar-refractivity contribution is 6.31. The Morgan fingerprint density at radius 3 is 2.70 bits per heavy atom. The molecule has 2 aromatic carbocycles. The number of rotatable bonds is 5. The topological polar surface area (TPSA) is 32.3 Å². The van der Waals surface area contributed by atoms with Gasteiger partial charge in [0.05, 0.1) is 6.04 Å². The molecule has 1 heterocycles. The summed E-state index contributed by atoms with van der Waals surface area (Å²) in [6.07, 6.45) is 2.84. The van der Waals surface area contributed by atoms with Gasteiger partial charge in [0.15, 0.2) is 0 Å². The third-order valence-electron chi connectivity index (χ3n) is 5.41.